The first-order valence-electron chi connectivity index (χ1n) is 11.3. The summed E-state index contributed by atoms with van der Waals surface area (Å²) in [6.45, 7) is 10.1. The zero-order chi connectivity index (χ0) is 24.9. The fraction of sp³-hybridized carbons (Fsp3) is 0.296. The second-order valence-corrected chi connectivity index (χ2v) is 10.2. The van der Waals surface area contributed by atoms with Crippen molar-refractivity contribution >= 4 is 21.6 Å². The van der Waals surface area contributed by atoms with Gasteiger partial charge in [0, 0.05) is 6.54 Å². The molecule has 0 aliphatic carbocycles. The lowest BCUT2D eigenvalue weighted by Crippen LogP contribution is -2.31. The second-order valence-electron chi connectivity index (χ2n) is 8.35. The lowest BCUT2D eigenvalue weighted by Gasteiger charge is -2.23. The Morgan fingerprint density at radius 2 is 1.56 bits per heavy atom. The summed E-state index contributed by atoms with van der Waals surface area (Å²) >= 11 is 0. The Labute approximate surface area is 202 Å². The van der Waals surface area contributed by atoms with Gasteiger partial charge in [-0.2, -0.15) is 0 Å². The molecule has 1 atom stereocenters. The van der Waals surface area contributed by atoms with E-state index in [1.807, 2.05) is 13.8 Å². The first-order valence-corrected chi connectivity index (χ1v) is 12.7. The van der Waals surface area contributed by atoms with Gasteiger partial charge < -0.3 is 10.1 Å². The molecule has 0 heterocycles. The molecule has 0 aliphatic heterocycles. The SMILES string of the molecule is CCN(c1ccc(OCC(=O)NC(C)c2cc(C)c(C)cc2C)cc1)S(=O)(=O)c1ccccc1. The molecule has 3 aromatic carbocycles. The molecule has 1 unspecified atom stereocenters. The molecule has 3 aromatic rings. The fourth-order valence-corrected chi connectivity index (χ4v) is 5.37. The number of nitrogens with one attached hydrogen (secondary N) is 1. The van der Waals surface area contributed by atoms with E-state index in [9.17, 15) is 13.2 Å². The van der Waals surface area contributed by atoms with Gasteiger partial charge in [0.1, 0.15) is 5.75 Å². The normalized spacial score (nSPS) is 12.1. The summed E-state index contributed by atoms with van der Waals surface area (Å²) in [4.78, 5) is 12.7. The lowest BCUT2D eigenvalue weighted by atomic mass is 9.96. The van der Waals surface area contributed by atoms with Gasteiger partial charge in [0.05, 0.1) is 16.6 Å². The number of carbonyl (C=O) groups excluding carboxylic acids is 1. The van der Waals surface area contributed by atoms with Crippen LogP contribution in [0.3, 0.4) is 0 Å². The number of anilines is 1. The molecular formula is C27H32N2O4S. The number of sulfonamides is 1. The average Bonchev–Trinajstić information content (AvgIpc) is 2.81. The molecule has 0 saturated heterocycles. The van der Waals surface area contributed by atoms with Gasteiger partial charge in [-0.1, -0.05) is 30.3 Å². The zero-order valence-corrected chi connectivity index (χ0v) is 21.1. The van der Waals surface area contributed by atoms with Crippen LogP contribution in [0.15, 0.2) is 71.6 Å². The highest BCUT2D eigenvalue weighted by atomic mass is 32.2. The van der Waals surface area contributed by atoms with Crippen LogP contribution in [0.25, 0.3) is 0 Å². The molecule has 0 bridgehead atoms. The minimum Gasteiger partial charge on any atom is -0.484 e. The first kappa shape index (κ1) is 25.3. The van der Waals surface area contributed by atoms with Gasteiger partial charge in [-0.3, -0.25) is 9.10 Å². The minimum atomic E-state index is -3.66. The van der Waals surface area contributed by atoms with Crippen LogP contribution in [-0.4, -0.2) is 27.5 Å². The van der Waals surface area contributed by atoms with Gasteiger partial charge in [0.2, 0.25) is 0 Å². The number of amides is 1. The van der Waals surface area contributed by atoms with E-state index in [0.717, 1.165) is 11.1 Å². The first-order chi connectivity index (χ1) is 16.1. The Morgan fingerprint density at radius 1 is 0.941 bits per heavy atom. The monoisotopic (exact) mass is 480 g/mol. The van der Waals surface area contributed by atoms with Crippen molar-refractivity contribution in [2.45, 2.75) is 45.6 Å². The van der Waals surface area contributed by atoms with Gasteiger partial charge >= 0.3 is 0 Å². The van der Waals surface area contributed by atoms with Crippen LogP contribution in [-0.2, 0) is 14.8 Å². The van der Waals surface area contributed by atoms with Gasteiger partial charge in [-0.05, 0) is 93.3 Å². The second kappa shape index (κ2) is 10.7. The van der Waals surface area contributed by atoms with E-state index in [4.69, 9.17) is 4.74 Å². The lowest BCUT2D eigenvalue weighted by molar-refractivity contribution is -0.123. The van der Waals surface area contributed by atoms with Crippen LogP contribution in [0.1, 0.15) is 42.1 Å². The number of benzene rings is 3. The molecule has 1 amide bonds. The Bertz CT molecular complexity index is 1240. The van der Waals surface area contributed by atoms with Gasteiger partial charge in [0.25, 0.3) is 15.9 Å². The number of rotatable bonds is 9. The summed E-state index contributed by atoms with van der Waals surface area (Å²) in [6.07, 6.45) is 0. The third kappa shape index (κ3) is 5.78. The molecule has 0 spiro atoms. The molecule has 180 valence electrons. The van der Waals surface area contributed by atoms with E-state index in [1.165, 1.54) is 15.4 Å². The highest BCUT2D eigenvalue weighted by molar-refractivity contribution is 7.92. The van der Waals surface area contributed by atoms with Crippen LogP contribution in [0.5, 0.6) is 5.75 Å². The Morgan fingerprint density at radius 3 is 2.18 bits per heavy atom. The van der Waals surface area contributed by atoms with E-state index in [1.54, 1.807) is 61.5 Å². The Hall–Kier alpha value is -3.32. The van der Waals surface area contributed by atoms with Crippen molar-refractivity contribution in [3.05, 3.63) is 89.0 Å². The van der Waals surface area contributed by atoms with Crippen LogP contribution >= 0.6 is 0 Å². The molecule has 0 radical (unpaired) electrons. The fourth-order valence-electron chi connectivity index (χ4n) is 3.88. The zero-order valence-electron chi connectivity index (χ0n) is 20.3. The quantitative estimate of drug-likeness (QED) is 0.463. The van der Waals surface area contributed by atoms with Crippen molar-refractivity contribution in [2.24, 2.45) is 0 Å². The number of nitrogens with zero attached hydrogens (tertiary/aromatic N) is 1. The molecule has 0 aliphatic rings. The Balaban J connectivity index is 1.62. The third-order valence-electron chi connectivity index (χ3n) is 5.84. The van der Waals surface area contributed by atoms with E-state index in [-0.39, 0.29) is 30.0 Å². The molecule has 0 saturated carbocycles. The van der Waals surface area contributed by atoms with E-state index < -0.39 is 10.0 Å². The predicted molar refractivity (Wildman–Crippen MR) is 136 cm³/mol. The molecular weight excluding hydrogens is 448 g/mol. The summed E-state index contributed by atoms with van der Waals surface area (Å²) in [7, 11) is -3.66. The number of ether oxygens (including phenoxy) is 1. The van der Waals surface area contributed by atoms with Crippen molar-refractivity contribution in [1.82, 2.24) is 5.32 Å². The molecule has 7 heteroatoms. The third-order valence-corrected chi connectivity index (χ3v) is 7.76. The van der Waals surface area contributed by atoms with Crippen molar-refractivity contribution in [2.75, 3.05) is 17.5 Å². The van der Waals surface area contributed by atoms with Crippen LogP contribution in [0, 0.1) is 20.8 Å². The topological polar surface area (TPSA) is 75.7 Å². The minimum absolute atomic E-state index is 0.132. The highest BCUT2D eigenvalue weighted by Gasteiger charge is 2.23. The molecule has 0 fully saturated rings. The average molecular weight is 481 g/mol. The van der Waals surface area contributed by atoms with Crippen molar-refractivity contribution in [3.8, 4) is 5.75 Å². The summed E-state index contributed by atoms with van der Waals surface area (Å²) in [5.41, 5.74) is 5.17. The largest absolute Gasteiger partial charge is 0.484 e. The van der Waals surface area contributed by atoms with E-state index >= 15 is 0 Å². The molecule has 1 N–H and O–H groups in total. The number of carbonyl (C=O) groups is 1. The Kier molecular flexibility index (Phi) is 7.99. The number of aryl methyl sites for hydroxylation is 3. The maximum absolute atomic E-state index is 13.0. The molecule has 6 nitrogen and oxygen atoms in total. The summed E-state index contributed by atoms with van der Waals surface area (Å²) in [5.74, 6) is 0.262. The molecule has 34 heavy (non-hydrogen) atoms. The highest BCUT2D eigenvalue weighted by Crippen LogP contribution is 2.26. The maximum atomic E-state index is 13.0. The van der Waals surface area contributed by atoms with Crippen molar-refractivity contribution in [3.63, 3.8) is 0 Å². The summed E-state index contributed by atoms with van der Waals surface area (Å²) in [6, 6.07) is 19.1. The van der Waals surface area contributed by atoms with Crippen molar-refractivity contribution in [1.29, 1.82) is 0 Å². The summed E-state index contributed by atoms with van der Waals surface area (Å²) in [5, 5.41) is 2.98. The van der Waals surface area contributed by atoms with Gasteiger partial charge in [-0.15, -0.1) is 0 Å². The number of hydrogen-bond donors (Lipinski definition) is 1. The standard InChI is InChI=1S/C27H32N2O4S/c1-6-29(34(31,32)25-10-8-7-9-11-25)23-12-14-24(15-13-23)33-18-27(30)28-22(5)26-17-20(3)19(2)16-21(26)4/h7-17,22H,6,18H2,1-5H3,(H,28,30). The number of hydrogen-bond acceptors (Lipinski definition) is 4. The maximum Gasteiger partial charge on any atom is 0.264 e. The molecule has 3 rings (SSSR count). The van der Waals surface area contributed by atoms with Crippen LogP contribution < -0.4 is 14.4 Å². The predicted octanol–water partition coefficient (Wildman–Crippen LogP) is 5.08. The van der Waals surface area contributed by atoms with Crippen LogP contribution in [0.2, 0.25) is 0 Å². The summed E-state index contributed by atoms with van der Waals surface area (Å²) < 4.78 is 33.0. The van der Waals surface area contributed by atoms with Crippen molar-refractivity contribution < 1.29 is 17.9 Å². The van der Waals surface area contributed by atoms with Gasteiger partial charge in [0.15, 0.2) is 6.61 Å². The van der Waals surface area contributed by atoms with E-state index in [2.05, 4.69) is 31.3 Å². The van der Waals surface area contributed by atoms with Crippen LogP contribution in [0.4, 0.5) is 5.69 Å². The smallest absolute Gasteiger partial charge is 0.264 e. The van der Waals surface area contributed by atoms with E-state index in [0.29, 0.717) is 11.4 Å². The van der Waals surface area contributed by atoms with Gasteiger partial charge in [-0.25, -0.2) is 8.42 Å². The molecule has 0 aromatic heterocycles.